The first kappa shape index (κ1) is 17.5. The number of hydrogen-bond donors (Lipinski definition) is 1. The monoisotopic (exact) mass is 371 g/mol. The predicted molar refractivity (Wildman–Crippen MR) is 105 cm³/mol. The highest BCUT2D eigenvalue weighted by Crippen LogP contribution is 2.32. The summed E-state index contributed by atoms with van der Waals surface area (Å²) in [4.78, 5) is 12.3. The van der Waals surface area contributed by atoms with Crippen molar-refractivity contribution in [2.45, 2.75) is 13.5 Å². The molecule has 1 fully saturated rings. The van der Waals surface area contributed by atoms with Crippen molar-refractivity contribution in [3.63, 3.8) is 0 Å². The maximum absolute atomic E-state index is 11.8. The smallest absolute Gasteiger partial charge is 0.263 e. The standard InChI is InChI=1S/C19H17NO3S2/c1-12-5-3-4-6-14(12)11-23-15-8-7-13(9-16(15)22-2)10-17-18(21)20-19(24)25-17/h3-10H,11H2,1-2H3,(H,20,21,24)/b17-10-. The molecule has 0 unspecified atom stereocenters. The molecule has 3 rings (SSSR count). The molecule has 1 aliphatic rings. The maximum Gasteiger partial charge on any atom is 0.263 e. The lowest BCUT2D eigenvalue weighted by atomic mass is 10.1. The highest BCUT2D eigenvalue weighted by Gasteiger charge is 2.22. The summed E-state index contributed by atoms with van der Waals surface area (Å²) in [6, 6.07) is 13.7. The number of ether oxygens (including phenoxy) is 2. The Hall–Kier alpha value is -2.31. The summed E-state index contributed by atoms with van der Waals surface area (Å²) in [6.45, 7) is 2.52. The molecular formula is C19H17NO3S2. The lowest BCUT2D eigenvalue weighted by molar-refractivity contribution is -0.115. The Balaban J connectivity index is 1.78. The molecule has 6 heteroatoms. The van der Waals surface area contributed by atoms with Crippen LogP contribution in [0.25, 0.3) is 6.08 Å². The Morgan fingerprint density at radius 2 is 2.00 bits per heavy atom. The zero-order chi connectivity index (χ0) is 17.8. The third kappa shape index (κ3) is 4.21. The van der Waals surface area contributed by atoms with Gasteiger partial charge in [-0.3, -0.25) is 4.79 Å². The molecular weight excluding hydrogens is 354 g/mol. The quantitative estimate of drug-likeness (QED) is 0.634. The first-order valence-corrected chi connectivity index (χ1v) is 8.89. The number of thioether (sulfide) groups is 1. The number of carbonyl (C=O) groups excluding carboxylic acids is 1. The van der Waals surface area contributed by atoms with Gasteiger partial charge in [-0.25, -0.2) is 0 Å². The molecule has 0 atom stereocenters. The first-order chi connectivity index (χ1) is 12.1. The van der Waals surface area contributed by atoms with Gasteiger partial charge in [0.25, 0.3) is 5.91 Å². The number of nitrogens with one attached hydrogen (secondary N) is 1. The topological polar surface area (TPSA) is 47.6 Å². The normalized spacial score (nSPS) is 15.4. The number of benzene rings is 2. The molecule has 4 nitrogen and oxygen atoms in total. The molecule has 2 aromatic rings. The molecule has 25 heavy (non-hydrogen) atoms. The van der Waals surface area contributed by atoms with Gasteiger partial charge >= 0.3 is 0 Å². The third-order valence-corrected chi connectivity index (χ3v) is 4.93. The summed E-state index contributed by atoms with van der Waals surface area (Å²) in [5.74, 6) is 1.11. The lowest BCUT2D eigenvalue weighted by Crippen LogP contribution is -2.17. The first-order valence-electron chi connectivity index (χ1n) is 7.67. The minimum Gasteiger partial charge on any atom is -0.493 e. The second kappa shape index (κ2) is 7.72. The van der Waals surface area contributed by atoms with Gasteiger partial charge < -0.3 is 14.8 Å². The van der Waals surface area contributed by atoms with Crippen LogP contribution in [-0.2, 0) is 11.4 Å². The van der Waals surface area contributed by atoms with Crippen molar-refractivity contribution in [3.05, 3.63) is 64.1 Å². The molecule has 0 saturated carbocycles. The number of carbonyl (C=O) groups is 1. The number of amides is 1. The minimum absolute atomic E-state index is 0.172. The van der Waals surface area contributed by atoms with E-state index in [1.807, 2.05) is 36.4 Å². The van der Waals surface area contributed by atoms with E-state index in [0.29, 0.717) is 27.3 Å². The van der Waals surface area contributed by atoms with E-state index in [4.69, 9.17) is 21.7 Å². The van der Waals surface area contributed by atoms with Crippen LogP contribution in [0.4, 0.5) is 0 Å². The molecule has 0 spiro atoms. The van der Waals surface area contributed by atoms with Gasteiger partial charge in [0.2, 0.25) is 0 Å². The van der Waals surface area contributed by atoms with Gasteiger partial charge in [-0.05, 0) is 41.8 Å². The van der Waals surface area contributed by atoms with Crippen LogP contribution in [0.2, 0.25) is 0 Å². The van der Waals surface area contributed by atoms with Gasteiger partial charge in [0.1, 0.15) is 10.9 Å². The van der Waals surface area contributed by atoms with E-state index >= 15 is 0 Å². The van der Waals surface area contributed by atoms with Crippen molar-refractivity contribution in [1.82, 2.24) is 5.32 Å². The summed E-state index contributed by atoms with van der Waals surface area (Å²) >= 11 is 6.25. The average molecular weight is 371 g/mol. The Kier molecular flexibility index (Phi) is 5.40. The molecule has 0 aliphatic carbocycles. The fourth-order valence-corrected chi connectivity index (χ4v) is 3.44. The van der Waals surface area contributed by atoms with Crippen molar-refractivity contribution >= 4 is 40.3 Å². The van der Waals surface area contributed by atoms with Gasteiger partial charge in [-0.15, -0.1) is 0 Å². The zero-order valence-electron chi connectivity index (χ0n) is 13.9. The minimum atomic E-state index is -0.172. The van der Waals surface area contributed by atoms with Gasteiger partial charge in [-0.2, -0.15) is 0 Å². The maximum atomic E-state index is 11.8. The SMILES string of the molecule is COc1cc(/C=C2\SC(=S)NC2=O)ccc1OCc1ccccc1C. The van der Waals surface area contributed by atoms with Gasteiger partial charge in [-0.1, -0.05) is 54.3 Å². The summed E-state index contributed by atoms with van der Waals surface area (Å²) in [7, 11) is 1.60. The summed E-state index contributed by atoms with van der Waals surface area (Å²) in [6.07, 6.45) is 1.78. The van der Waals surface area contributed by atoms with Crippen LogP contribution in [0.1, 0.15) is 16.7 Å². The van der Waals surface area contributed by atoms with E-state index in [-0.39, 0.29) is 5.91 Å². The average Bonchev–Trinajstić information content (AvgIpc) is 2.92. The van der Waals surface area contributed by atoms with Gasteiger partial charge in [0.15, 0.2) is 11.5 Å². The van der Waals surface area contributed by atoms with E-state index in [1.54, 1.807) is 13.2 Å². The Morgan fingerprint density at radius 3 is 2.68 bits per heavy atom. The van der Waals surface area contributed by atoms with Crippen LogP contribution >= 0.6 is 24.0 Å². The van der Waals surface area contributed by atoms with Gasteiger partial charge in [0, 0.05) is 0 Å². The van der Waals surface area contributed by atoms with Crippen LogP contribution in [0.3, 0.4) is 0 Å². The molecule has 1 aliphatic heterocycles. The van der Waals surface area contributed by atoms with E-state index in [2.05, 4.69) is 18.3 Å². The fourth-order valence-electron chi connectivity index (χ4n) is 2.39. The molecule has 2 aromatic carbocycles. The molecule has 1 N–H and O–H groups in total. The summed E-state index contributed by atoms with van der Waals surface area (Å²) in [5.41, 5.74) is 3.16. The third-order valence-electron chi connectivity index (χ3n) is 3.77. The van der Waals surface area contributed by atoms with E-state index in [9.17, 15) is 4.79 Å². The van der Waals surface area contributed by atoms with Crippen molar-refractivity contribution in [2.24, 2.45) is 0 Å². The Labute approximate surface area is 156 Å². The molecule has 1 saturated heterocycles. The van der Waals surface area contributed by atoms with Gasteiger partial charge in [0.05, 0.1) is 12.0 Å². The number of rotatable bonds is 5. The van der Waals surface area contributed by atoms with E-state index in [1.165, 1.54) is 17.3 Å². The lowest BCUT2D eigenvalue weighted by Gasteiger charge is -2.12. The van der Waals surface area contributed by atoms with E-state index in [0.717, 1.165) is 11.1 Å². The Bertz CT molecular complexity index is 861. The van der Waals surface area contributed by atoms with Crippen molar-refractivity contribution in [2.75, 3.05) is 7.11 Å². The number of thiocarbonyl (C=S) groups is 1. The van der Waals surface area contributed by atoms with Crippen molar-refractivity contribution in [1.29, 1.82) is 0 Å². The molecule has 0 aromatic heterocycles. The van der Waals surface area contributed by atoms with Crippen molar-refractivity contribution in [3.8, 4) is 11.5 Å². The van der Waals surface area contributed by atoms with E-state index < -0.39 is 0 Å². The molecule has 1 amide bonds. The second-order valence-electron chi connectivity index (χ2n) is 5.48. The summed E-state index contributed by atoms with van der Waals surface area (Å²) in [5, 5.41) is 2.60. The fraction of sp³-hybridized carbons (Fsp3) is 0.158. The zero-order valence-corrected chi connectivity index (χ0v) is 15.5. The highest BCUT2D eigenvalue weighted by molar-refractivity contribution is 8.26. The van der Waals surface area contributed by atoms with Crippen LogP contribution in [0.15, 0.2) is 47.4 Å². The number of methoxy groups -OCH3 is 1. The van der Waals surface area contributed by atoms with Crippen LogP contribution in [-0.4, -0.2) is 17.3 Å². The number of aryl methyl sites for hydroxylation is 1. The molecule has 1 heterocycles. The Morgan fingerprint density at radius 1 is 1.20 bits per heavy atom. The molecule has 0 bridgehead atoms. The van der Waals surface area contributed by atoms with Crippen LogP contribution in [0.5, 0.6) is 11.5 Å². The summed E-state index contributed by atoms with van der Waals surface area (Å²) < 4.78 is 11.8. The second-order valence-corrected chi connectivity index (χ2v) is 7.20. The molecule has 0 radical (unpaired) electrons. The van der Waals surface area contributed by atoms with Crippen molar-refractivity contribution < 1.29 is 14.3 Å². The predicted octanol–water partition coefficient (Wildman–Crippen LogP) is 4.07. The largest absolute Gasteiger partial charge is 0.493 e. The number of hydrogen-bond acceptors (Lipinski definition) is 5. The highest BCUT2D eigenvalue weighted by atomic mass is 32.2. The van der Waals surface area contributed by atoms with Crippen LogP contribution < -0.4 is 14.8 Å². The molecule has 128 valence electrons. The van der Waals surface area contributed by atoms with Crippen LogP contribution in [0, 0.1) is 6.92 Å².